The molecule has 1 aromatic carbocycles. The number of benzene rings is 1. The Morgan fingerprint density at radius 1 is 1.24 bits per heavy atom. The van der Waals surface area contributed by atoms with E-state index in [-0.39, 0.29) is 4.90 Å². The second kappa shape index (κ2) is 6.41. The Hall–Kier alpha value is -1.66. The van der Waals surface area contributed by atoms with Gasteiger partial charge in [-0.1, -0.05) is 26.7 Å². The van der Waals surface area contributed by atoms with Crippen LogP contribution in [0, 0.1) is 5.92 Å². The van der Waals surface area contributed by atoms with Crippen molar-refractivity contribution in [2.24, 2.45) is 5.92 Å². The van der Waals surface area contributed by atoms with Gasteiger partial charge in [0.2, 0.25) is 10.0 Å². The van der Waals surface area contributed by atoms with Crippen LogP contribution in [-0.4, -0.2) is 19.9 Å². The van der Waals surface area contributed by atoms with E-state index in [4.69, 9.17) is 5.73 Å². The van der Waals surface area contributed by atoms with Gasteiger partial charge in [0.05, 0.1) is 5.52 Å². The van der Waals surface area contributed by atoms with Crippen LogP contribution in [0.1, 0.15) is 26.7 Å². The fourth-order valence-electron chi connectivity index (χ4n) is 2.27. The first-order chi connectivity index (χ1) is 9.99. The number of hydrogen-bond donors (Lipinski definition) is 2. The van der Waals surface area contributed by atoms with Gasteiger partial charge in [-0.2, -0.15) is 0 Å². The molecule has 1 heterocycles. The summed E-state index contributed by atoms with van der Waals surface area (Å²) in [6, 6.07) is 6.64. The molecule has 5 nitrogen and oxygen atoms in total. The molecule has 0 fully saturated rings. The molecular weight excluding hydrogens is 286 g/mol. The van der Waals surface area contributed by atoms with E-state index < -0.39 is 10.0 Å². The number of nitrogens with zero attached hydrogens (tertiary/aromatic N) is 1. The summed E-state index contributed by atoms with van der Waals surface area (Å²) in [7, 11) is -3.59. The maximum absolute atomic E-state index is 12.5. The molecule has 0 spiro atoms. The van der Waals surface area contributed by atoms with E-state index in [1.54, 1.807) is 24.4 Å². The van der Waals surface area contributed by atoms with Crippen LogP contribution in [0.3, 0.4) is 0 Å². The molecule has 3 N–H and O–H groups in total. The van der Waals surface area contributed by atoms with Crippen LogP contribution < -0.4 is 10.5 Å². The SMILES string of the molecule is CCC(CC)CNS(=O)(=O)c1ccc(N)c2cccnc12. The first-order valence-corrected chi connectivity index (χ1v) is 8.60. The van der Waals surface area contributed by atoms with E-state index in [9.17, 15) is 8.42 Å². The van der Waals surface area contributed by atoms with Crippen molar-refractivity contribution in [3.05, 3.63) is 30.5 Å². The summed E-state index contributed by atoms with van der Waals surface area (Å²) in [6.45, 7) is 4.55. The van der Waals surface area contributed by atoms with Crippen molar-refractivity contribution in [3.63, 3.8) is 0 Å². The maximum atomic E-state index is 12.5. The van der Waals surface area contributed by atoms with Crippen molar-refractivity contribution in [3.8, 4) is 0 Å². The highest BCUT2D eigenvalue weighted by atomic mass is 32.2. The van der Waals surface area contributed by atoms with Gasteiger partial charge in [-0.05, 0) is 30.2 Å². The van der Waals surface area contributed by atoms with Gasteiger partial charge in [0.1, 0.15) is 4.90 Å². The lowest BCUT2D eigenvalue weighted by molar-refractivity contribution is 0.479. The number of sulfonamides is 1. The largest absolute Gasteiger partial charge is 0.398 e. The third kappa shape index (κ3) is 3.33. The first kappa shape index (κ1) is 15.7. The standard InChI is InChI=1S/C15H21N3O2S/c1-3-11(4-2)10-18-21(19,20)14-8-7-13(16)12-6-5-9-17-15(12)14/h5-9,11,18H,3-4,10,16H2,1-2H3. The second-order valence-electron chi connectivity index (χ2n) is 5.09. The molecule has 2 rings (SSSR count). The van der Waals surface area contributed by atoms with Crippen LogP contribution in [0.4, 0.5) is 5.69 Å². The average Bonchev–Trinajstić information content (AvgIpc) is 2.48. The van der Waals surface area contributed by atoms with Crippen LogP contribution in [-0.2, 0) is 10.0 Å². The molecule has 0 unspecified atom stereocenters. The van der Waals surface area contributed by atoms with Crippen LogP contribution in [0.25, 0.3) is 10.9 Å². The van der Waals surface area contributed by atoms with Gasteiger partial charge in [0.25, 0.3) is 0 Å². The van der Waals surface area contributed by atoms with Gasteiger partial charge < -0.3 is 5.73 Å². The van der Waals surface area contributed by atoms with E-state index in [0.717, 1.165) is 12.8 Å². The number of nitrogens with two attached hydrogens (primary N) is 1. The highest BCUT2D eigenvalue weighted by molar-refractivity contribution is 7.89. The minimum absolute atomic E-state index is 0.179. The monoisotopic (exact) mass is 307 g/mol. The molecule has 0 saturated heterocycles. The van der Waals surface area contributed by atoms with E-state index in [0.29, 0.717) is 29.1 Å². The molecule has 0 bridgehead atoms. The lowest BCUT2D eigenvalue weighted by atomic mass is 10.0. The topological polar surface area (TPSA) is 85.1 Å². The number of aromatic nitrogens is 1. The Morgan fingerprint density at radius 2 is 1.95 bits per heavy atom. The number of anilines is 1. The average molecular weight is 307 g/mol. The molecule has 0 atom stereocenters. The van der Waals surface area contributed by atoms with Crippen LogP contribution in [0.2, 0.25) is 0 Å². The lowest BCUT2D eigenvalue weighted by Gasteiger charge is -2.14. The highest BCUT2D eigenvalue weighted by Crippen LogP contribution is 2.25. The number of nitrogen functional groups attached to an aromatic ring is 1. The molecule has 0 aliphatic carbocycles. The van der Waals surface area contributed by atoms with E-state index >= 15 is 0 Å². The summed E-state index contributed by atoms with van der Waals surface area (Å²) in [5.74, 6) is 0.341. The van der Waals surface area contributed by atoms with Gasteiger partial charge >= 0.3 is 0 Å². The molecular formula is C15H21N3O2S. The van der Waals surface area contributed by atoms with Gasteiger partial charge in [-0.3, -0.25) is 4.98 Å². The van der Waals surface area contributed by atoms with E-state index in [2.05, 4.69) is 23.6 Å². The van der Waals surface area contributed by atoms with Crippen molar-refractivity contribution < 1.29 is 8.42 Å². The predicted molar refractivity (Wildman–Crippen MR) is 85.4 cm³/mol. The number of nitrogens with one attached hydrogen (secondary N) is 1. The predicted octanol–water partition coefficient (Wildman–Crippen LogP) is 2.53. The summed E-state index contributed by atoms with van der Waals surface area (Å²) in [5, 5.41) is 0.655. The Balaban J connectivity index is 2.39. The second-order valence-corrected chi connectivity index (χ2v) is 6.82. The van der Waals surface area contributed by atoms with Crippen LogP contribution in [0.15, 0.2) is 35.4 Å². The smallest absolute Gasteiger partial charge is 0.242 e. The van der Waals surface area contributed by atoms with Crippen molar-refractivity contribution in [2.75, 3.05) is 12.3 Å². The van der Waals surface area contributed by atoms with Gasteiger partial charge in [-0.15, -0.1) is 0 Å². The third-order valence-corrected chi connectivity index (χ3v) is 5.23. The molecule has 0 amide bonds. The van der Waals surface area contributed by atoms with Crippen molar-refractivity contribution in [2.45, 2.75) is 31.6 Å². The van der Waals surface area contributed by atoms with Crippen LogP contribution in [0.5, 0.6) is 0 Å². The summed E-state index contributed by atoms with van der Waals surface area (Å²) in [6.07, 6.45) is 3.46. The zero-order valence-electron chi connectivity index (χ0n) is 12.3. The number of hydrogen-bond acceptors (Lipinski definition) is 4. The molecule has 0 aliphatic rings. The highest BCUT2D eigenvalue weighted by Gasteiger charge is 2.20. The molecule has 0 saturated carbocycles. The summed E-state index contributed by atoms with van der Waals surface area (Å²) < 4.78 is 27.7. The van der Waals surface area contributed by atoms with E-state index in [1.165, 1.54) is 6.07 Å². The Morgan fingerprint density at radius 3 is 2.62 bits per heavy atom. The normalized spacial score (nSPS) is 12.1. The molecule has 0 radical (unpaired) electrons. The fraction of sp³-hybridized carbons (Fsp3) is 0.400. The molecule has 114 valence electrons. The summed E-state index contributed by atoms with van der Waals surface area (Å²) >= 11 is 0. The minimum atomic E-state index is -3.59. The zero-order valence-corrected chi connectivity index (χ0v) is 13.2. The fourth-order valence-corrected chi connectivity index (χ4v) is 3.54. The molecule has 2 aromatic rings. The number of pyridine rings is 1. The van der Waals surface area contributed by atoms with Gasteiger partial charge in [0, 0.05) is 23.8 Å². The number of rotatable bonds is 6. The van der Waals surface area contributed by atoms with Crippen molar-refractivity contribution in [1.29, 1.82) is 0 Å². The third-order valence-electron chi connectivity index (χ3n) is 3.77. The zero-order chi connectivity index (χ0) is 15.5. The summed E-state index contributed by atoms with van der Waals surface area (Å²) in [4.78, 5) is 4.36. The lowest BCUT2D eigenvalue weighted by Crippen LogP contribution is -2.29. The molecule has 1 aromatic heterocycles. The minimum Gasteiger partial charge on any atom is -0.398 e. The molecule has 0 aliphatic heterocycles. The Labute approximate surface area is 125 Å². The molecule has 6 heteroatoms. The number of fused-ring (bicyclic) bond motifs is 1. The molecule has 21 heavy (non-hydrogen) atoms. The van der Waals surface area contributed by atoms with E-state index in [1.807, 2.05) is 0 Å². The van der Waals surface area contributed by atoms with Crippen molar-refractivity contribution >= 4 is 26.6 Å². The maximum Gasteiger partial charge on any atom is 0.242 e. The van der Waals surface area contributed by atoms with Crippen LogP contribution >= 0.6 is 0 Å². The Kier molecular flexibility index (Phi) is 4.80. The van der Waals surface area contributed by atoms with Gasteiger partial charge in [0.15, 0.2) is 0 Å². The van der Waals surface area contributed by atoms with Gasteiger partial charge in [-0.25, -0.2) is 13.1 Å². The first-order valence-electron chi connectivity index (χ1n) is 7.12. The summed E-state index contributed by atoms with van der Waals surface area (Å²) in [5.41, 5.74) is 6.82. The Bertz CT molecular complexity index is 725. The quantitative estimate of drug-likeness (QED) is 0.803. The van der Waals surface area contributed by atoms with Crippen molar-refractivity contribution in [1.82, 2.24) is 9.71 Å².